The molecule has 4 N–H and O–H groups in total. The average Bonchev–Trinajstić information content (AvgIpc) is 3.55. The van der Waals surface area contributed by atoms with E-state index < -0.39 is 5.91 Å². The molecular weight excluding hydrogens is 537 g/mol. The first-order valence-corrected chi connectivity index (χ1v) is 13.4. The first-order valence-electron chi connectivity index (χ1n) is 12.6. The minimum absolute atomic E-state index is 0.0000853. The molecule has 1 aliphatic rings. The average molecular weight is 564 g/mol. The van der Waals surface area contributed by atoms with Gasteiger partial charge in [0.05, 0.1) is 11.0 Å². The molecule has 0 bridgehead atoms. The number of benzene rings is 3. The topological polar surface area (TPSA) is 119 Å². The molecule has 4 aromatic rings. The van der Waals surface area contributed by atoms with Crippen molar-refractivity contribution in [2.75, 3.05) is 7.05 Å². The van der Waals surface area contributed by atoms with E-state index in [0.717, 1.165) is 35.0 Å². The summed E-state index contributed by atoms with van der Waals surface area (Å²) in [6, 6.07) is 17.5. The molecule has 5 rings (SSSR count). The number of nitrogens with zero attached hydrogens (tertiary/aromatic N) is 2. The number of primary amides is 1. The summed E-state index contributed by atoms with van der Waals surface area (Å²) in [5, 5.41) is 6.65. The summed E-state index contributed by atoms with van der Waals surface area (Å²) in [4.78, 5) is 41.9. The highest BCUT2D eigenvalue weighted by atomic mass is 35.5. The molecular formula is C29H27Cl2N5O3. The molecule has 1 aromatic heterocycles. The highest BCUT2D eigenvalue weighted by Crippen LogP contribution is 2.40. The van der Waals surface area contributed by atoms with Gasteiger partial charge in [-0.05, 0) is 73.4 Å². The van der Waals surface area contributed by atoms with Gasteiger partial charge in [0, 0.05) is 52.3 Å². The maximum atomic E-state index is 13.1. The standard InChI is InChI=1S/C29H27Cl2N5O3/c1-33-28(38)18-5-7-23(12-18)36-25-13-19(29(39)34-15-16-3-2-4-17(9-16)26(32)37)6-8-24(25)35-27(36)20-10-21(30)14-22(31)11-20/h2-4,6,8-11,13-14,18,23H,5,7,12,15H2,1H3,(H2,32,37)(H,33,38)(H,34,39)/t18-,23-/m1/s1. The van der Waals surface area contributed by atoms with Crippen LogP contribution in [0.1, 0.15) is 51.6 Å². The van der Waals surface area contributed by atoms with Crippen LogP contribution in [0.15, 0.2) is 60.7 Å². The molecule has 0 saturated heterocycles. The quantitative estimate of drug-likeness (QED) is 0.289. The molecule has 2 atom stereocenters. The van der Waals surface area contributed by atoms with Crippen LogP contribution in [-0.2, 0) is 11.3 Å². The molecule has 8 nitrogen and oxygen atoms in total. The van der Waals surface area contributed by atoms with E-state index in [2.05, 4.69) is 15.2 Å². The van der Waals surface area contributed by atoms with Crippen molar-refractivity contribution >= 4 is 52.0 Å². The van der Waals surface area contributed by atoms with E-state index in [9.17, 15) is 14.4 Å². The Kier molecular flexibility index (Phi) is 7.59. The smallest absolute Gasteiger partial charge is 0.251 e. The summed E-state index contributed by atoms with van der Waals surface area (Å²) in [5.41, 5.74) is 9.24. The van der Waals surface area contributed by atoms with Crippen LogP contribution in [-0.4, -0.2) is 34.3 Å². The molecule has 39 heavy (non-hydrogen) atoms. The molecule has 200 valence electrons. The second-order valence-corrected chi connectivity index (χ2v) is 10.6. The van der Waals surface area contributed by atoms with E-state index in [-0.39, 0.29) is 30.3 Å². The molecule has 10 heteroatoms. The predicted molar refractivity (Wildman–Crippen MR) is 152 cm³/mol. The van der Waals surface area contributed by atoms with E-state index in [1.165, 1.54) is 0 Å². The van der Waals surface area contributed by atoms with Gasteiger partial charge in [-0.3, -0.25) is 14.4 Å². The van der Waals surface area contributed by atoms with E-state index >= 15 is 0 Å². The summed E-state index contributed by atoms with van der Waals surface area (Å²) in [5.74, 6) is -0.191. The van der Waals surface area contributed by atoms with Crippen LogP contribution in [0.2, 0.25) is 10.0 Å². The van der Waals surface area contributed by atoms with Gasteiger partial charge in [-0.1, -0.05) is 35.3 Å². The molecule has 1 saturated carbocycles. The fourth-order valence-corrected chi connectivity index (χ4v) is 5.77. The SMILES string of the molecule is CNC(=O)[C@@H]1CC[C@@H](n2c(-c3cc(Cl)cc(Cl)c3)nc3ccc(C(=O)NCc4cccc(C(N)=O)c4)cc32)C1. The number of imidazole rings is 1. The monoisotopic (exact) mass is 563 g/mol. The van der Waals surface area contributed by atoms with Crippen molar-refractivity contribution < 1.29 is 14.4 Å². The van der Waals surface area contributed by atoms with Crippen molar-refractivity contribution in [1.29, 1.82) is 0 Å². The Morgan fingerprint density at radius 2 is 1.77 bits per heavy atom. The van der Waals surface area contributed by atoms with Gasteiger partial charge in [0.25, 0.3) is 5.91 Å². The second kappa shape index (κ2) is 11.1. The second-order valence-electron chi connectivity index (χ2n) is 9.69. The van der Waals surface area contributed by atoms with Gasteiger partial charge in [0.15, 0.2) is 0 Å². The fourth-order valence-electron chi connectivity index (χ4n) is 5.24. The van der Waals surface area contributed by atoms with Crippen molar-refractivity contribution in [3.63, 3.8) is 0 Å². The predicted octanol–water partition coefficient (Wildman–Crippen LogP) is 5.13. The van der Waals surface area contributed by atoms with Crippen LogP contribution in [0.25, 0.3) is 22.4 Å². The fraction of sp³-hybridized carbons (Fsp3) is 0.241. The van der Waals surface area contributed by atoms with Crippen LogP contribution in [0.3, 0.4) is 0 Å². The molecule has 3 aromatic carbocycles. The lowest BCUT2D eigenvalue weighted by atomic mass is 10.1. The number of nitrogens with two attached hydrogens (primary N) is 1. The van der Waals surface area contributed by atoms with Crippen molar-refractivity contribution in [2.24, 2.45) is 11.7 Å². The number of amides is 3. The zero-order chi connectivity index (χ0) is 27.7. The van der Waals surface area contributed by atoms with Gasteiger partial charge in [-0.15, -0.1) is 0 Å². The molecule has 0 unspecified atom stereocenters. The normalized spacial score (nSPS) is 16.8. The Balaban J connectivity index is 1.50. The number of hydrogen-bond donors (Lipinski definition) is 3. The third kappa shape index (κ3) is 5.62. The summed E-state index contributed by atoms with van der Waals surface area (Å²) < 4.78 is 2.10. The zero-order valence-corrected chi connectivity index (χ0v) is 22.7. The number of fused-ring (bicyclic) bond motifs is 1. The van der Waals surface area contributed by atoms with Gasteiger partial charge in [-0.2, -0.15) is 0 Å². The first kappa shape index (κ1) is 26.7. The van der Waals surface area contributed by atoms with Gasteiger partial charge < -0.3 is 20.9 Å². The molecule has 1 heterocycles. The Labute approximate surface area is 235 Å². The Morgan fingerprint density at radius 3 is 2.49 bits per heavy atom. The molecule has 1 aliphatic carbocycles. The number of carbonyl (C=O) groups is 3. The zero-order valence-electron chi connectivity index (χ0n) is 21.2. The Morgan fingerprint density at radius 1 is 1.00 bits per heavy atom. The summed E-state index contributed by atoms with van der Waals surface area (Å²) in [6.07, 6.45) is 2.20. The van der Waals surface area contributed by atoms with Gasteiger partial charge in [0.2, 0.25) is 11.8 Å². The van der Waals surface area contributed by atoms with Gasteiger partial charge >= 0.3 is 0 Å². The number of rotatable bonds is 7. The first-order chi connectivity index (χ1) is 18.7. The maximum Gasteiger partial charge on any atom is 0.251 e. The Bertz CT molecular complexity index is 1580. The minimum atomic E-state index is -0.524. The van der Waals surface area contributed by atoms with E-state index in [1.54, 1.807) is 37.4 Å². The van der Waals surface area contributed by atoms with Crippen LogP contribution in [0, 0.1) is 5.92 Å². The molecule has 1 fully saturated rings. The van der Waals surface area contributed by atoms with Gasteiger partial charge in [0.1, 0.15) is 5.82 Å². The largest absolute Gasteiger partial charge is 0.366 e. The van der Waals surface area contributed by atoms with E-state index in [4.69, 9.17) is 33.9 Å². The van der Waals surface area contributed by atoms with Crippen molar-refractivity contribution in [3.8, 4) is 11.4 Å². The molecule has 0 aliphatic heterocycles. The highest BCUT2D eigenvalue weighted by molar-refractivity contribution is 6.35. The molecule has 3 amide bonds. The number of aromatic nitrogens is 2. The molecule has 0 spiro atoms. The van der Waals surface area contributed by atoms with Crippen LogP contribution >= 0.6 is 23.2 Å². The van der Waals surface area contributed by atoms with E-state index in [0.29, 0.717) is 33.4 Å². The van der Waals surface area contributed by atoms with Crippen LogP contribution in [0.4, 0.5) is 0 Å². The van der Waals surface area contributed by atoms with Crippen molar-refractivity contribution in [3.05, 3.63) is 87.4 Å². The van der Waals surface area contributed by atoms with Crippen molar-refractivity contribution in [1.82, 2.24) is 20.2 Å². The summed E-state index contributed by atoms with van der Waals surface area (Å²) in [7, 11) is 1.65. The lowest BCUT2D eigenvalue weighted by Gasteiger charge is -2.18. The number of halogens is 2. The number of hydrogen-bond acceptors (Lipinski definition) is 4. The minimum Gasteiger partial charge on any atom is -0.366 e. The lowest BCUT2D eigenvalue weighted by molar-refractivity contribution is -0.124. The highest BCUT2D eigenvalue weighted by Gasteiger charge is 2.33. The third-order valence-electron chi connectivity index (χ3n) is 7.12. The third-order valence-corrected chi connectivity index (χ3v) is 7.56. The Hall–Kier alpha value is -3.88. The number of carbonyl (C=O) groups excluding carboxylic acids is 3. The molecule has 0 radical (unpaired) electrons. The lowest BCUT2D eigenvalue weighted by Crippen LogP contribution is -2.25. The number of nitrogens with one attached hydrogen (secondary N) is 2. The van der Waals surface area contributed by atoms with Crippen LogP contribution in [0.5, 0.6) is 0 Å². The van der Waals surface area contributed by atoms with Crippen molar-refractivity contribution in [2.45, 2.75) is 31.8 Å². The summed E-state index contributed by atoms with van der Waals surface area (Å²) >= 11 is 12.6. The van der Waals surface area contributed by atoms with Crippen LogP contribution < -0.4 is 16.4 Å². The maximum absolute atomic E-state index is 13.1. The van der Waals surface area contributed by atoms with Gasteiger partial charge in [-0.25, -0.2) is 4.98 Å². The van der Waals surface area contributed by atoms with E-state index in [1.807, 2.05) is 30.3 Å². The summed E-state index contributed by atoms with van der Waals surface area (Å²) in [6.45, 7) is 0.236.